The number of aliphatic hydroxyl groups excluding tert-OH is 1. The average molecular weight is 290 g/mol. The van der Waals surface area contributed by atoms with Crippen LogP contribution in [0.3, 0.4) is 0 Å². The molecule has 0 radical (unpaired) electrons. The van der Waals surface area contributed by atoms with E-state index in [0.717, 1.165) is 0 Å². The summed E-state index contributed by atoms with van der Waals surface area (Å²) in [6.45, 7) is 2.05. The SMILES string of the molecule is C[C@H](O)CCNC(=O)c1ccc(F)c(Br)c1. The summed E-state index contributed by atoms with van der Waals surface area (Å²) in [4.78, 5) is 11.6. The monoisotopic (exact) mass is 289 g/mol. The molecule has 0 saturated heterocycles. The predicted octanol–water partition coefficient (Wildman–Crippen LogP) is 2.09. The summed E-state index contributed by atoms with van der Waals surface area (Å²) in [5, 5.41) is 11.6. The number of nitrogens with one attached hydrogen (secondary N) is 1. The van der Waals surface area contributed by atoms with Crippen molar-refractivity contribution >= 4 is 21.8 Å². The second-order valence-electron chi connectivity index (χ2n) is 3.52. The zero-order valence-electron chi connectivity index (χ0n) is 8.84. The molecule has 3 nitrogen and oxygen atoms in total. The number of carbonyl (C=O) groups excluding carboxylic acids is 1. The van der Waals surface area contributed by atoms with Crippen LogP contribution < -0.4 is 5.32 Å². The molecule has 1 atom stereocenters. The van der Waals surface area contributed by atoms with Gasteiger partial charge < -0.3 is 10.4 Å². The van der Waals surface area contributed by atoms with E-state index in [9.17, 15) is 9.18 Å². The fourth-order valence-corrected chi connectivity index (χ4v) is 1.51. The Labute approximate surface area is 102 Å². The molecule has 0 heterocycles. The topological polar surface area (TPSA) is 49.3 Å². The Bertz CT molecular complexity index is 382. The number of halogens is 2. The molecular formula is C11H13BrFNO2. The van der Waals surface area contributed by atoms with Gasteiger partial charge in [0.1, 0.15) is 5.82 Å². The molecule has 5 heteroatoms. The fraction of sp³-hybridized carbons (Fsp3) is 0.364. The molecule has 1 amide bonds. The van der Waals surface area contributed by atoms with Crippen molar-refractivity contribution in [3.63, 3.8) is 0 Å². The van der Waals surface area contributed by atoms with E-state index in [1.807, 2.05) is 0 Å². The highest BCUT2D eigenvalue weighted by Gasteiger charge is 2.08. The molecular weight excluding hydrogens is 277 g/mol. The van der Waals surface area contributed by atoms with Gasteiger partial charge in [-0.2, -0.15) is 0 Å². The molecule has 1 aromatic rings. The van der Waals surface area contributed by atoms with Gasteiger partial charge in [0, 0.05) is 12.1 Å². The predicted molar refractivity (Wildman–Crippen MR) is 62.7 cm³/mol. The van der Waals surface area contributed by atoms with Gasteiger partial charge >= 0.3 is 0 Å². The summed E-state index contributed by atoms with van der Waals surface area (Å²) in [7, 11) is 0. The Kier molecular flexibility index (Phi) is 4.89. The van der Waals surface area contributed by atoms with E-state index in [1.165, 1.54) is 18.2 Å². The minimum Gasteiger partial charge on any atom is -0.393 e. The lowest BCUT2D eigenvalue weighted by atomic mass is 10.2. The van der Waals surface area contributed by atoms with Crippen molar-refractivity contribution in [1.29, 1.82) is 0 Å². The smallest absolute Gasteiger partial charge is 0.251 e. The number of aliphatic hydroxyl groups is 1. The molecule has 2 N–H and O–H groups in total. The van der Waals surface area contributed by atoms with Crippen molar-refractivity contribution in [3.8, 4) is 0 Å². The molecule has 0 aliphatic heterocycles. The first-order valence-electron chi connectivity index (χ1n) is 4.92. The molecule has 16 heavy (non-hydrogen) atoms. The average Bonchev–Trinajstić information content (AvgIpc) is 2.21. The highest BCUT2D eigenvalue weighted by Crippen LogP contribution is 2.16. The standard InChI is InChI=1S/C11H13BrFNO2/c1-7(15)4-5-14-11(16)8-2-3-10(13)9(12)6-8/h2-3,6-7,15H,4-5H2,1H3,(H,14,16)/t7-/m0/s1. The maximum Gasteiger partial charge on any atom is 0.251 e. The normalized spacial score (nSPS) is 12.2. The minimum atomic E-state index is -0.444. The van der Waals surface area contributed by atoms with Crippen LogP contribution in [0, 0.1) is 5.82 Å². The highest BCUT2D eigenvalue weighted by molar-refractivity contribution is 9.10. The largest absolute Gasteiger partial charge is 0.393 e. The molecule has 0 aliphatic rings. The molecule has 0 bridgehead atoms. The van der Waals surface area contributed by atoms with Gasteiger partial charge in [-0.1, -0.05) is 0 Å². The Hall–Kier alpha value is -0.940. The molecule has 0 unspecified atom stereocenters. The summed E-state index contributed by atoms with van der Waals surface area (Å²) in [5.74, 6) is -0.679. The first-order valence-corrected chi connectivity index (χ1v) is 5.71. The van der Waals surface area contributed by atoms with Crippen molar-refractivity contribution in [1.82, 2.24) is 5.32 Å². The molecule has 0 aliphatic carbocycles. The first-order chi connectivity index (χ1) is 7.50. The summed E-state index contributed by atoms with van der Waals surface area (Å²) in [6, 6.07) is 4.07. The van der Waals surface area contributed by atoms with Crippen LogP contribution in [-0.2, 0) is 0 Å². The van der Waals surface area contributed by atoms with Crippen LogP contribution in [0.2, 0.25) is 0 Å². The van der Waals surface area contributed by atoms with E-state index >= 15 is 0 Å². The van der Waals surface area contributed by atoms with Crippen LogP contribution in [0.1, 0.15) is 23.7 Å². The fourth-order valence-electron chi connectivity index (χ4n) is 1.13. The van der Waals surface area contributed by atoms with Gasteiger partial charge in [-0.15, -0.1) is 0 Å². The van der Waals surface area contributed by atoms with E-state index < -0.39 is 11.9 Å². The first kappa shape index (κ1) is 13.1. The van der Waals surface area contributed by atoms with Gasteiger partial charge in [0.25, 0.3) is 5.91 Å². The van der Waals surface area contributed by atoms with Crippen LogP contribution in [0.25, 0.3) is 0 Å². The second kappa shape index (κ2) is 5.96. The summed E-state index contributed by atoms with van der Waals surface area (Å²) >= 11 is 3.01. The van der Waals surface area contributed by atoms with Crippen molar-refractivity contribution in [3.05, 3.63) is 34.1 Å². The summed E-state index contributed by atoms with van der Waals surface area (Å²) < 4.78 is 13.2. The van der Waals surface area contributed by atoms with Crippen molar-refractivity contribution in [2.75, 3.05) is 6.54 Å². The van der Waals surface area contributed by atoms with Crippen molar-refractivity contribution < 1.29 is 14.3 Å². The van der Waals surface area contributed by atoms with Crippen molar-refractivity contribution in [2.24, 2.45) is 0 Å². The van der Waals surface area contributed by atoms with E-state index in [4.69, 9.17) is 5.11 Å². The lowest BCUT2D eigenvalue weighted by molar-refractivity contribution is 0.0945. The van der Waals surface area contributed by atoms with E-state index in [-0.39, 0.29) is 10.4 Å². The third-order valence-electron chi connectivity index (χ3n) is 2.03. The number of hydrogen-bond donors (Lipinski definition) is 2. The van der Waals surface area contributed by atoms with Crippen LogP contribution in [0.15, 0.2) is 22.7 Å². The maximum absolute atomic E-state index is 12.9. The molecule has 0 saturated carbocycles. The molecule has 0 spiro atoms. The lowest BCUT2D eigenvalue weighted by Crippen LogP contribution is -2.26. The number of rotatable bonds is 4. The summed E-state index contributed by atoms with van der Waals surface area (Å²) in [6.07, 6.45) is 0.0499. The van der Waals surface area contributed by atoms with Gasteiger partial charge in [-0.25, -0.2) is 4.39 Å². The van der Waals surface area contributed by atoms with Crippen LogP contribution in [-0.4, -0.2) is 23.7 Å². The summed E-state index contributed by atoms with van der Waals surface area (Å²) in [5.41, 5.74) is 0.388. The Morgan fingerprint density at radius 3 is 2.88 bits per heavy atom. The van der Waals surface area contributed by atoms with Gasteiger partial charge in [-0.05, 0) is 47.5 Å². The quantitative estimate of drug-likeness (QED) is 0.892. The minimum absolute atomic E-state index is 0.260. The molecule has 1 rings (SSSR count). The zero-order valence-corrected chi connectivity index (χ0v) is 10.4. The molecule has 88 valence electrons. The second-order valence-corrected chi connectivity index (χ2v) is 4.38. The van der Waals surface area contributed by atoms with Crippen LogP contribution in [0.5, 0.6) is 0 Å². The highest BCUT2D eigenvalue weighted by atomic mass is 79.9. The van der Waals surface area contributed by atoms with Crippen LogP contribution >= 0.6 is 15.9 Å². The van der Waals surface area contributed by atoms with Gasteiger partial charge in [-0.3, -0.25) is 4.79 Å². The van der Waals surface area contributed by atoms with Crippen molar-refractivity contribution in [2.45, 2.75) is 19.4 Å². The van der Waals surface area contributed by atoms with E-state index in [2.05, 4.69) is 21.2 Å². The van der Waals surface area contributed by atoms with Gasteiger partial charge in [0.05, 0.1) is 10.6 Å². The van der Waals surface area contributed by atoms with Crippen LogP contribution in [0.4, 0.5) is 4.39 Å². The van der Waals surface area contributed by atoms with Gasteiger partial charge in [0.15, 0.2) is 0 Å². The Morgan fingerprint density at radius 2 is 2.31 bits per heavy atom. The number of carbonyl (C=O) groups is 1. The Morgan fingerprint density at radius 1 is 1.62 bits per heavy atom. The molecule has 0 aromatic heterocycles. The third kappa shape index (κ3) is 3.90. The zero-order chi connectivity index (χ0) is 12.1. The van der Waals surface area contributed by atoms with E-state index in [1.54, 1.807) is 6.92 Å². The van der Waals surface area contributed by atoms with E-state index in [0.29, 0.717) is 18.5 Å². The molecule has 0 fully saturated rings. The number of amides is 1. The Balaban J connectivity index is 2.56. The van der Waals surface area contributed by atoms with Gasteiger partial charge in [0.2, 0.25) is 0 Å². The number of hydrogen-bond acceptors (Lipinski definition) is 2. The molecule has 1 aromatic carbocycles. The maximum atomic E-state index is 12.9. The lowest BCUT2D eigenvalue weighted by Gasteiger charge is -2.07. The third-order valence-corrected chi connectivity index (χ3v) is 2.64. The number of benzene rings is 1.